The van der Waals surface area contributed by atoms with Crippen LogP contribution in [0.1, 0.15) is 33.6 Å². The fraction of sp³-hybridized carbons (Fsp3) is 0.636. The van der Waals surface area contributed by atoms with E-state index < -0.39 is 12.1 Å². The normalized spacial score (nSPS) is 10.8. The average Bonchev–Trinajstić information content (AvgIpc) is 2.26. The summed E-state index contributed by atoms with van der Waals surface area (Å²) in [7, 11) is 0. The zero-order valence-corrected chi connectivity index (χ0v) is 10.0. The molecule has 0 saturated carbocycles. The largest absolute Gasteiger partial charge is 0.462 e. The molecule has 0 aromatic rings. The van der Waals surface area contributed by atoms with Gasteiger partial charge in [0, 0.05) is 6.20 Å². The van der Waals surface area contributed by atoms with Gasteiger partial charge in [0.1, 0.15) is 0 Å². The molecule has 0 atom stereocenters. The fourth-order valence-corrected chi connectivity index (χ4v) is 0.822. The Morgan fingerprint density at radius 3 is 2.50 bits per heavy atom. The van der Waals surface area contributed by atoms with Gasteiger partial charge in [-0.05, 0) is 20.3 Å². The Hall–Kier alpha value is -1.52. The number of rotatable bonds is 6. The van der Waals surface area contributed by atoms with E-state index in [1.54, 1.807) is 13.8 Å². The Balaban J connectivity index is 3.92. The second kappa shape index (κ2) is 8.76. The first-order valence-electron chi connectivity index (χ1n) is 5.39. The van der Waals surface area contributed by atoms with Crippen molar-refractivity contribution in [2.24, 2.45) is 0 Å². The third-order valence-corrected chi connectivity index (χ3v) is 1.73. The van der Waals surface area contributed by atoms with E-state index in [4.69, 9.17) is 4.74 Å². The van der Waals surface area contributed by atoms with Crippen molar-refractivity contribution in [1.29, 1.82) is 0 Å². The first-order valence-corrected chi connectivity index (χ1v) is 5.39. The van der Waals surface area contributed by atoms with Gasteiger partial charge in [-0.1, -0.05) is 13.3 Å². The van der Waals surface area contributed by atoms with Crippen LogP contribution in [0.5, 0.6) is 0 Å². The van der Waals surface area contributed by atoms with E-state index in [0.29, 0.717) is 18.8 Å². The van der Waals surface area contributed by atoms with Crippen LogP contribution in [0.4, 0.5) is 4.79 Å². The topological polar surface area (TPSA) is 64.6 Å². The Bertz CT molecular complexity index is 261. The number of amides is 1. The van der Waals surface area contributed by atoms with Crippen LogP contribution >= 0.6 is 0 Å². The summed E-state index contributed by atoms with van der Waals surface area (Å²) in [4.78, 5) is 22.2. The lowest BCUT2D eigenvalue weighted by Crippen LogP contribution is -2.20. The van der Waals surface area contributed by atoms with Crippen LogP contribution in [0, 0.1) is 0 Å². The molecule has 92 valence electrons. The first-order chi connectivity index (χ1) is 7.61. The molecule has 1 amide bonds. The maximum atomic E-state index is 11.3. The lowest BCUT2D eigenvalue weighted by Gasteiger charge is -2.04. The molecule has 5 nitrogen and oxygen atoms in total. The van der Waals surface area contributed by atoms with Gasteiger partial charge in [-0.15, -0.1) is 0 Å². The molecule has 0 spiro atoms. The second-order valence-corrected chi connectivity index (χ2v) is 3.18. The van der Waals surface area contributed by atoms with E-state index in [-0.39, 0.29) is 0 Å². The lowest BCUT2D eigenvalue weighted by atomic mass is 10.3. The van der Waals surface area contributed by atoms with Gasteiger partial charge in [0.2, 0.25) is 0 Å². The molecule has 0 radical (unpaired) electrons. The molecule has 0 bridgehead atoms. The van der Waals surface area contributed by atoms with E-state index in [0.717, 1.165) is 12.8 Å². The van der Waals surface area contributed by atoms with Crippen LogP contribution in [-0.4, -0.2) is 25.3 Å². The third-order valence-electron chi connectivity index (χ3n) is 1.73. The summed E-state index contributed by atoms with van der Waals surface area (Å²) in [6, 6.07) is 0. The van der Waals surface area contributed by atoms with Crippen molar-refractivity contribution in [2.75, 3.05) is 13.2 Å². The Morgan fingerprint density at radius 2 is 1.94 bits per heavy atom. The van der Waals surface area contributed by atoms with Crippen molar-refractivity contribution in [1.82, 2.24) is 5.32 Å². The van der Waals surface area contributed by atoms with Gasteiger partial charge in [0.05, 0.1) is 18.8 Å². The summed E-state index contributed by atoms with van der Waals surface area (Å²) in [6.07, 6.45) is 2.51. The molecule has 0 aliphatic rings. The fourth-order valence-electron chi connectivity index (χ4n) is 0.822. The van der Waals surface area contributed by atoms with Crippen LogP contribution in [0.15, 0.2) is 11.8 Å². The highest BCUT2D eigenvalue weighted by atomic mass is 16.5. The highest BCUT2D eigenvalue weighted by molar-refractivity contribution is 5.88. The second-order valence-electron chi connectivity index (χ2n) is 3.18. The smallest absolute Gasteiger partial charge is 0.411 e. The monoisotopic (exact) mass is 229 g/mol. The van der Waals surface area contributed by atoms with Gasteiger partial charge in [-0.2, -0.15) is 0 Å². The molecule has 0 unspecified atom stereocenters. The quantitative estimate of drug-likeness (QED) is 0.429. The van der Waals surface area contributed by atoms with Gasteiger partial charge in [0.25, 0.3) is 0 Å². The molecule has 0 aliphatic carbocycles. The zero-order chi connectivity index (χ0) is 12.4. The molecular formula is C11H19NO4. The van der Waals surface area contributed by atoms with Crippen molar-refractivity contribution in [3.63, 3.8) is 0 Å². The number of hydrogen-bond acceptors (Lipinski definition) is 4. The molecule has 0 saturated heterocycles. The number of nitrogens with one attached hydrogen (secondary N) is 1. The zero-order valence-electron chi connectivity index (χ0n) is 10.0. The van der Waals surface area contributed by atoms with Gasteiger partial charge in [0.15, 0.2) is 0 Å². The van der Waals surface area contributed by atoms with Crippen molar-refractivity contribution >= 4 is 12.1 Å². The minimum absolute atomic E-state index is 0.291. The van der Waals surface area contributed by atoms with Gasteiger partial charge in [-0.3, -0.25) is 5.32 Å². The molecule has 0 aromatic carbocycles. The third kappa shape index (κ3) is 6.86. The van der Waals surface area contributed by atoms with Crippen molar-refractivity contribution in [3.8, 4) is 0 Å². The molecule has 0 aliphatic heterocycles. The van der Waals surface area contributed by atoms with Crippen molar-refractivity contribution in [3.05, 3.63) is 11.8 Å². The van der Waals surface area contributed by atoms with E-state index in [1.807, 2.05) is 6.92 Å². The summed E-state index contributed by atoms with van der Waals surface area (Å²) in [5, 5.41) is 2.33. The highest BCUT2D eigenvalue weighted by Gasteiger charge is 2.06. The minimum Gasteiger partial charge on any atom is -0.462 e. The van der Waals surface area contributed by atoms with Crippen molar-refractivity contribution < 1.29 is 19.1 Å². The maximum Gasteiger partial charge on any atom is 0.411 e. The molecule has 16 heavy (non-hydrogen) atoms. The number of ether oxygens (including phenoxy) is 2. The molecule has 1 N–H and O–H groups in total. The predicted octanol–water partition coefficient (Wildman–Crippen LogP) is 1.98. The van der Waals surface area contributed by atoms with Crippen molar-refractivity contribution in [2.45, 2.75) is 33.6 Å². The Labute approximate surface area is 95.8 Å². The summed E-state index contributed by atoms with van der Waals surface area (Å²) in [5.74, 6) is -0.426. The SMILES string of the molecule is CCCCOC(=O)C(C)=CNC(=O)OCC. The first kappa shape index (κ1) is 14.5. The van der Waals surface area contributed by atoms with Gasteiger partial charge < -0.3 is 9.47 Å². The molecule has 0 heterocycles. The lowest BCUT2D eigenvalue weighted by molar-refractivity contribution is -0.139. The minimum atomic E-state index is -0.580. The summed E-state index contributed by atoms with van der Waals surface area (Å²) in [6.45, 7) is 5.98. The Morgan fingerprint density at radius 1 is 1.25 bits per heavy atom. The number of unbranched alkanes of at least 4 members (excludes halogenated alkanes) is 1. The van der Waals surface area contributed by atoms with Crippen LogP contribution in [-0.2, 0) is 14.3 Å². The molecule has 5 heteroatoms. The van der Waals surface area contributed by atoms with Gasteiger partial charge in [-0.25, -0.2) is 9.59 Å². The van der Waals surface area contributed by atoms with E-state index in [1.165, 1.54) is 6.20 Å². The summed E-state index contributed by atoms with van der Waals surface area (Å²) in [5.41, 5.74) is 0.337. The number of alkyl carbamates (subject to hydrolysis) is 1. The average molecular weight is 229 g/mol. The maximum absolute atomic E-state index is 11.3. The van der Waals surface area contributed by atoms with Crippen LogP contribution in [0.25, 0.3) is 0 Å². The Kier molecular flexibility index (Phi) is 7.93. The highest BCUT2D eigenvalue weighted by Crippen LogP contribution is 1.97. The number of hydrogen-bond donors (Lipinski definition) is 1. The van der Waals surface area contributed by atoms with Gasteiger partial charge >= 0.3 is 12.1 Å². The molecule has 0 aromatic heterocycles. The summed E-state index contributed by atoms with van der Waals surface area (Å²) < 4.78 is 9.56. The standard InChI is InChI=1S/C11H19NO4/c1-4-6-7-16-10(13)9(3)8-12-11(14)15-5-2/h8H,4-7H2,1-3H3,(H,12,14). The molecule has 0 rings (SSSR count). The predicted molar refractivity (Wildman–Crippen MR) is 59.8 cm³/mol. The van der Waals surface area contributed by atoms with Crippen LogP contribution in [0.3, 0.4) is 0 Å². The number of carbonyl (C=O) groups is 2. The van der Waals surface area contributed by atoms with Crippen LogP contribution in [0.2, 0.25) is 0 Å². The number of carbonyl (C=O) groups excluding carboxylic acids is 2. The van der Waals surface area contributed by atoms with E-state index in [9.17, 15) is 9.59 Å². The van der Waals surface area contributed by atoms with E-state index in [2.05, 4.69) is 10.1 Å². The molecule has 0 fully saturated rings. The van der Waals surface area contributed by atoms with Crippen LogP contribution < -0.4 is 5.32 Å². The summed E-state index contributed by atoms with van der Waals surface area (Å²) >= 11 is 0. The number of esters is 1. The van der Waals surface area contributed by atoms with E-state index >= 15 is 0 Å². The molecular weight excluding hydrogens is 210 g/mol.